The number of nitrogens with one attached hydrogen (secondary N) is 4. The van der Waals surface area contributed by atoms with Crippen LogP contribution in [-0.4, -0.2) is 27.3 Å². The van der Waals surface area contributed by atoms with Crippen LogP contribution in [-0.2, 0) is 5.54 Å². The van der Waals surface area contributed by atoms with E-state index in [4.69, 9.17) is 16.9 Å². The van der Waals surface area contributed by atoms with E-state index in [1.165, 1.54) is 6.07 Å². The third kappa shape index (κ3) is 4.02. The van der Waals surface area contributed by atoms with E-state index in [0.717, 1.165) is 5.56 Å². The lowest BCUT2D eigenvalue weighted by molar-refractivity contribution is 0.0928. The Bertz CT molecular complexity index is 948. The molecule has 3 rings (SSSR count). The van der Waals surface area contributed by atoms with Crippen molar-refractivity contribution in [2.75, 3.05) is 0 Å². The van der Waals surface area contributed by atoms with Crippen LogP contribution < -0.4 is 16.2 Å². The first-order valence-electron chi connectivity index (χ1n) is 8.79. The van der Waals surface area contributed by atoms with Crippen molar-refractivity contribution >= 4 is 17.5 Å². The van der Waals surface area contributed by atoms with Crippen molar-refractivity contribution in [1.29, 1.82) is 5.26 Å². The first kappa shape index (κ1) is 19.9. The predicted molar refractivity (Wildman–Crippen MR) is 104 cm³/mol. The highest BCUT2D eigenvalue weighted by atomic mass is 35.5. The molecule has 0 aliphatic carbocycles. The maximum Gasteiger partial charge on any atom is 0.271 e. The first-order chi connectivity index (χ1) is 13.3. The number of nitriles is 1. The van der Waals surface area contributed by atoms with Crippen LogP contribution in [0.25, 0.3) is 0 Å². The highest BCUT2D eigenvalue weighted by Gasteiger charge is 2.34. The van der Waals surface area contributed by atoms with Crippen molar-refractivity contribution in [2.24, 2.45) is 0 Å². The van der Waals surface area contributed by atoms with Crippen molar-refractivity contribution in [3.8, 4) is 6.07 Å². The van der Waals surface area contributed by atoms with Gasteiger partial charge in [-0.3, -0.25) is 9.89 Å². The van der Waals surface area contributed by atoms with Gasteiger partial charge in [-0.1, -0.05) is 17.7 Å². The van der Waals surface area contributed by atoms with Crippen LogP contribution in [0.2, 0.25) is 5.02 Å². The molecule has 2 aromatic rings. The number of aliphatic hydroxyl groups is 1. The van der Waals surface area contributed by atoms with Gasteiger partial charge in [0, 0.05) is 12.2 Å². The zero-order valence-corrected chi connectivity index (χ0v) is 16.2. The average molecular weight is 401 g/mol. The monoisotopic (exact) mass is 400 g/mol. The fraction of sp³-hybridized carbons (Fsp3) is 0.316. The van der Waals surface area contributed by atoms with Gasteiger partial charge in [-0.25, -0.2) is 5.43 Å². The molecule has 9 heteroatoms. The minimum atomic E-state index is -0.727. The summed E-state index contributed by atoms with van der Waals surface area (Å²) in [6.07, 6.45) is 3.53. The number of aromatic amines is 1. The molecule has 1 aromatic carbocycles. The van der Waals surface area contributed by atoms with E-state index in [2.05, 4.69) is 26.4 Å². The van der Waals surface area contributed by atoms with Crippen molar-refractivity contribution in [3.05, 3.63) is 64.1 Å². The molecule has 0 bridgehead atoms. The number of rotatable bonds is 6. The zero-order valence-electron chi connectivity index (χ0n) is 15.5. The first-order valence-corrected chi connectivity index (χ1v) is 9.17. The second-order valence-corrected chi connectivity index (χ2v) is 7.25. The number of hydrogen-bond acceptors (Lipinski definition) is 6. The van der Waals surface area contributed by atoms with E-state index in [1.54, 1.807) is 25.3 Å². The molecule has 146 valence electrons. The summed E-state index contributed by atoms with van der Waals surface area (Å²) in [5.41, 5.74) is 7.55. The Labute approximate surface area is 167 Å². The molecule has 1 aliphatic heterocycles. The highest BCUT2D eigenvalue weighted by molar-refractivity contribution is 6.31. The number of carbonyl (C=O) groups excluding carboxylic acids is 1. The third-order valence-electron chi connectivity index (χ3n) is 4.64. The summed E-state index contributed by atoms with van der Waals surface area (Å²) in [6, 6.07) is 8.63. The molecule has 5 N–H and O–H groups in total. The van der Waals surface area contributed by atoms with Gasteiger partial charge in [-0.2, -0.15) is 10.4 Å². The minimum absolute atomic E-state index is 0.214. The Hall–Kier alpha value is -2.86. The molecule has 2 heterocycles. The Kier molecular flexibility index (Phi) is 5.70. The van der Waals surface area contributed by atoms with Gasteiger partial charge in [-0.15, -0.1) is 0 Å². The van der Waals surface area contributed by atoms with E-state index in [0.29, 0.717) is 22.7 Å². The third-order valence-corrected chi connectivity index (χ3v) is 4.95. The number of aromatic nitrogens is 2. The van der Waals surface area contributed by atoms with Gasteiger partial charge in [0.1, 0.15) is 11.8 Å². The number of H-pyrrole nitrogens is 1. The molecule has 0 fully saturated rings. The number of halogens is 1. The second-order valence-electron chi connectivity index (χ2n) is 6.84. The van der Waals surface area contributed by atoms with Gasteiger partial charge < -0.3 is 15.8 Å². The molecule has 0 saturated carbocycles. The lowest BCUT2D eigenvalue weighted by Gasteiger charge is -2.31. The largest absolute Gasteiger partial charge is 0.387 e. The lowest BCUT2D eigenvalue weighted by Crippen LogP contribution is -2.47. The van der Waals surface area contributed by atoms with E-state index in [-0.39, 0.29) is 17.6 Å². The van der Waals surface area contributed by atoms with Crippen LogP contribution in [0.1, 0.15) is 53.7 Å². The molecule has 1 amide bonds. The van der Waals surface area contributed by atoms with Crippen molar-refractivity contribution in [2.45, 2.75) is 38.0 Å². The topological polar surface area (TPSA) is 126 Å². The molecule has 1 aliphatic rings. The average Bonchev–Trinajstić information content (AvgIpc) is 3.32. The molecule has 3 atom stereocenters. The summed E-state index contributed by atoms with van der Waals surface area (Å²) in [4.78, 5) is 12.5. The van der Waals surface area contributed by atoms with Gasteiger partial charge in [-0.05, 0) is 50.1 Å². The summed E-state index contributed by atoms with van der Waals surface area (Å²) in [5.74, 6) is -0.335. The number of benzene rings is 1. The van der Waals surface area contributed by atoms with Gasteiger partial charge in [0.2, 0.25) is 0 Å². The van der Waals surface area contributed by atoms with Gasteiger partial charge in [0.05, 0.1) is 27.9 Å². The number of hydrazine groups is 1. The SMILES string of the molecule is C[C@H](O)c1cc(C(=O)N[C@@H](C)CC2(c3ccc(C#N)c(Cl)c3)C=CNN2)n[nH]1. The molecular weight excluding hydrogens is 380 g/mol. The minimum Gasteiger partial charge on any atom is -0.387 e. The number of aliphatic hydroxyl groups excluding tert-OH is 1. The summed E-state index contributed by atoms with van der Waals surface area (Å²) < 4.78 is 0. The normalized spacial score (nSPS) is 20.2. The van der Waals surface area contributed by atoms with E-state index in [9.17, 15) is 9.90 Å². The molecule has 1 aromatic heterocycles. The number of nitrogens with zero attached hydrogens (tertiary/aromatic N) is 2. The van der Waals surface area contributed by atoms with Crippen LogP contribution in [0.4, 0.5) is 0 Å². The van der Waals surface area contributed by atoms with E-state index >= 15 is 0 Å². The number of hydrogen-bond donors (Lipinski definition) is 5. The summed E-state index contributed by atoms with van der Waals surface area (Å²) in [7, 11) is 0. The van der Waals surface area contributed by atoms with Crippen LogP contribution in [0.5, 0.6) is 0 Å². The summed E-state index contributed by atoms with van der Waals surface area (Å²) in [5, 5.41) is 28.5. The molecule has 1 unspecified atom stereocenters. The van der Waals surface area contributed by atoms with Gasteiger partial charge in [0.25, 0.3) is 5.91 Å². The molecule has 0 spiro atoms. The van der Waals surface area contributed by atoms with Gasteiger partial charge >= 0.3 is 0 Å². The number of carbonyl (C=O) groups is 1. The highest BCUT2D eigenvalue weighted by Crippen LogP contribution is 2.32. The van der Waals surface area contributed by atoms with Crippen LogP contribution in [0.15, 0.2) is 36.5 Å². The Balaban J connectivity index is 1.75. The van der Waals surface area contributed by atoms with Gasteiger partial charge in [0.15, 0.2) is 0 Å². The van der Waals surface area contributed by atoms with Crippen molar-refractivity contribution < 1.29 is 9.90 Å². The number of amides is 1. The zero-order chi connectivity index (χ0) is 20.3. The maximum atomic E-state index is 12.5. The molecule has 0 saturated heterocycles. The summed E-state index contributed by atoms with van der Waals surface area (Å²) in [6.45, 7) is 3.48. The second kappa shape index (κ2) is 8.02. The molecular formula is C19H21ClN6O2. The Morgan fingerprint density at radius 1 is 1.43 bits per heavy atom. The predicted octanol–water partition coefficient (Wildman–Crippen LogP) is 2.01. The van der Waals surface area contributed by atoms with Crippen LogP contribution in [0, 0.1) is 11.3 Å². The van der Waals surface area contributed by atoms with Crippen molar-refractivity contribution in [1.82, 2.24) is 26.4 Å². The summed E-state index contributed by atoms with van der Waals surface area (Å²) >= 11 is 6.20. The fourth-order valence-corrected chi connectivity index (χ4v) is 3.41. The standard InChI is InChI=1S/C19H21ClN6O2/c1-11(23-18(28)17-8-16(12(2)27)24-25-17)9-19(5-6-22-26-19)14-4-3-13(10-21)15(20)7-14/h3-8,11-12,22,26-27H,9H2,1-2H3,(H,23,28)(H,24,25)/t11-,12-,19?/m0/s1. The lowest BCUT2D eigenvalue weighted by atomic mass is 9.84. The quantitative estimate of drug-likeness (QED) is 0.505. The van der Waals surface area contributed by atoms with Crippen LogP contribution in [0.3, 0.4) is 0 Å². The molecule has 8 nitrogen and oxygen atoms in total. The Morgan fingerprint density at radius 3 is 2.79 bits per heavy atom. The Morgan fingerprint density at radius 2 is 2.21 bits per heavy atom. The molecule has 0 radical (unpaired) electrons. The smallest absolute Gasteiger partial charge is 0.271 e. The van der Waals surface area contributed by atoms with Crippen molar-refractivity contribution in [3.63, 3.8) is 0 Å². The van der Waals surface area contributed by atoms with E-state index < -0.39 is 11.6 Å². The maximum absolute atomic E-state index is 12.5. The van der Waals surface area contributed by atoms with Crippen LogP contribution >= 0.6 is 11.6 Å². The fourth-order valence-electron chi connectivity index (χ4n) is 3.18. The van der Waals surface area contributed by atoms with E-state index in [1.807, 2.05) is 25.1 Å². The molecule has 28 heavy (non-hydrogen) atoms.